The van der Waals surface area contributed by atoms with E-state index in [1.54, 1.807) is 0 Å². The Labute approximate surface area is 99.4 Å². The van der Waals surface area contributed by atoms with E-state index >= 15 is 0 Å². The van der Waals surface area contributed by atoms with Crippen molar-refractivity contribution in [3.8, 4) is 0 Å². The van der Waals surface area contributed by atoms with Gasteiger partial charge in [0.1, 0.15) is 0 Å². The van der Waals surface area contributed by atoms with Crippen LogP contribution in [0.3, 0.4) is 0 Å². The van der Waals surface area contributed by atoms with Crippen molar-refractivity contribution >= 4 is 23.8 Å². The fraction of sp³-hybridized carbons (Fsp3) is 0.800. The maximum absolute atomic E-state index is 10.6. The number of fused-ring (bicyclic) bond motifs is 1. The van der Waals surface area contributed by atoms with Crippen molar-refractivity contribution in [2.75, 3.05) is 11.5 Å². The molecule has 2 atom stereocenters. The number of aliphatic carboxylic acids is 1. The van der Waals surface area contributed by atoms with Crippen LogP contribution in [0.5, 0.6) is 0 Å². The lowest BCUT2D eigenvalue weighted by molar-refractivity contribution is -0.137. The largest absolute Gasteiger partial charge is 0.481 e. The molecule has 2 rings (SSSR count). The molecule has 0 aromatic heterocycles. The van der Waals surface area contributed by atoms with Gasteiger partial charge in [0.2, 0.25) is 0 Å². The van der Waals surface area contributed by atoms with Gasteiger partial charge >= 0.3 is 12.0 Å². The first-order chi connectivity index (χ1) is 7.63. The molecule has 2 saturated heterocycles. The van der Waals surface area contributed by atoms with E-state index in [2.05, 4.69) is 10.6 Å². The molecule has 3 N–H and O–H groups in total. The first kappa shape index (κ1) is 13.2. The first-order valence-electron chi connectivity index (χ1n) is 5.50. The Morgan fingerprint density at radius 2 is 2.00 bits per heavy atom. The van der Waals surface area contributed by atoms with Gasteiger partial charge in [-0.25, -0.2) is 4.79 Å². The summed E-state index contributed by atoms with van der Waals surface area (Å²) >= 11 is 1.89. The van der Waals surface area contributed by atoms with Crippen LogP contribution in [0.15, 0.2) is 0 Å². The van der Waals surface area contributed by atoms with Gasteiger partial charge in [0.15, 0.2) is 0 Å². The minimum Gasteiger partial charge on any atom is -0.481 e. The fourth-order valence-electron chi connectivity index (χ4n) is 1.55. The number of amides is 2. The Hall–Kier alpha value is -0.910. The van der Waals surface area contributed by atoms with Crippen molar-refractivity contribution in [2.45, 2.75) is 38.3 Å². The molecule has 2 heterocycles. The highest BCUT2D eigenvalue weighted by molar-refractivity contribution is 7.99. The molecule has 2 unspecified atom stereocenters. The molecule has 2 aliphatic rings. The predicted molar refractivity (Wildman–Crippen MR) is 63.7 cm³/mol. The van der Waals surface area contributed by atoms with Crippen LogP contribution in [0.2, 0.25) is 0 Å². The number of urea groups is 1. The number of carboxylic acids is 1. The molecule has 0 bridgehead atoms. The predicted octanol–water partition coefficient (Wildman–Crippen LogP) is 1.04. The zero-order valence-electron chi connectivity index (χ0n) is 9.36. The first-order valence-corrected chi connectivity index (χ1v) is 6.65. The highest BCUT2D eigenvalue weighted by Gasteiger charge is 2.35. The van der Waals surface area contributed by atoms with Crippen LogP contribution in [0.1, 0.15) is 26.2 Å². The van der Waals surface area contributed by atoms with E-state index in [-0.39, 0.29) is 6.03 Å². The summed E-state index contributed by atoms with van der Waals surface area (Å²) in [6.07, 6.45) is 2.08. The molecular formula is C10H18N2O3S. The molecule has 16 heavy (non-hydrogen) atoms. The number of nitrogens with one attached hydrogen (secondary N) is 2. The van der Waals surface area contributed by atoms with Gasteiger partial charge in [-0.05, 0) is 6.42 Å². The second-order valence-electron chi connectivity index (χ2n) is 3.87. The van der Waals surface area contributed by atoms with Crippen molar-refractivity contribution in [1.82, 2.24) is 10.6 Å². The molecule has 92 valence electrons. The van der Waals surface area contributed by atoms with E-state index in [4.69, 9.17) is 5.11 Å². The van der Waals surface area contributed by atoms with Gasteiger partial charge in [0, 0.05) is 17.9 Å². The third kappa shape index (κ3) is 4.30. The van der Waals surface area contributed by atoms with E-state index in [9.17, 15) is 9.59 Å². The maximum Gasteiger partial charge on any atom is 0.315 e. The number of carbonyl (C=O) groups is 2. The summed E-state index contributed by atoms with van der Waals surface area (Å²) in [7, 11) is 0. The van der Waals surface area contributed by atoms with Crippen LogP contribution in [0.4, 0.5) is 4.79 Å². The number of carbonyl (C=O) groups excluding carboxylic acids is 1. The second-order valence-corrected chi connectivity index (χ2v) is 4.94. The van der Waals surface area contributed by atoms with Crippen LogP contribution >= 0.6 is 11.8 Å². The van der Waals surface area contributed by atoms with Crippen molar-refractivity contribution in [1.29, 1.82) is 0 Å². The number of hydrogen-bond acceptors (Lipinski definition) is 3. The normalized spacial score (nSPS) is 26.2. The average molecular weight is 246 g/mol. The number of thioether (sulfide) groups is 1. The van der Waals surface area contributed by atoms with E-state index in [0.717, 1.165) is 24.3 Å². The quantitative estimate of drug-likeness (QED) is 0.650. The van der Waals surface area contributed by atoms with E-state index in [1.165, 1.54) is 0 Å². The van der Waals surface area contributed by atoms with Gasteiger partial charge in [-0.15, -0.1) is 0 Å². The van der Waals surface area contributed by atoms with Crippen molar-refractivity contribution < 1.29 is 14.7 Å². The zero-order valence-corrected chi connectivity index (χ0v) is 10.2. The molecule has 0 radical (unpaired) electrons. The molecule has 0 aromatic rings. The van der Waals surface area contributed by atoms with Gasteiger partial charge in [-0.1, -0.05) is 13.3 Å². The van der Waals surface area contributed by atoms with Crippen molar-refractivity contribution in [3.05, 3.63) is 0 Å². The monoisotopic (exact) mass is 246 g/mol. The van der Waals surface area contributed by atoms with Crippen LogP contribution < -0.4 is 10.6 Å². The van der Waals surface area contributed by atoms with Gasteiger partial charge < -0.3 is 15.7 Å². The lowest BCUT2D eigenvalue weighted by atomic mass is 10.2. The molecule has 5 nitrogen and oxygen atoms in total. The summed E-state index contributed by atoms with van der Waals surface area (Å²) in [5, 5.41) is 13.7. The molecule has 0 aliphatic carbocycles. The van der Waals surface area contributed by atoms with Crippen molar-refractivity contribution in [2.24, 2.45) is 0 Å². The van der Waals surface area contributed by atoms with Crippen LogP contribution in [0.25, 0.3) is 0 Å². The Morgan fingerprint density at radius 1 is 1.44 bits per heavy atom. The Balaban J connectivity index is 0.000000168. The average Bonchev–Trinajstić information content (AvgIpc) is 2.75. The van der Waals surface area contributed by atoms with Gasteiger partial charge in [-0.3, -0.25) is 4.79 Å². The number of rotatable bonds is 3. The highest BCUT2D eigenvalue weighted by Crippen LogP contribution is 2.20. The lowest BCUT2D eigenvalue weighted by Gasteiger charge is -2.02. The zero-order chi connectivity index (χ0) is 12.0. The third-order valence-corrected chi connectivity index (χ3v) is 3.65. The molecule has 0 saturated carbocycles. The Bertz CT molecular complexity index is 246. The van der Waals surface area contributed by atoms with Crippen LogP contribution in [0, 0.1) is 0 Å². The summed E-state index contributed by atoms with van der Waals surface area (Å²) in [5.41, 5.74) is 0. The molecule has 2 fully saturated rings. The van der Waals surface area contributed by atoms with Gasteiger partial charge in [-0.2, -0.15) is 11.8 Å². The van der Waals surface area contributed by atoms with Crippen LogP contribution in [-0.2, 0) is 4.79 Å². The SMILES string of the molecule is CCCCC(=O)O.O=C1NC2CSCC2N1. The maximum atomic E-state index is 10.6. The fourth-order valence-corrected chi connectivity index (χ4v) is 2.82. The molecule has 6 heteroatoms. The Morgan fingerprint density at radius 3 is 2.38 bits per heavy atom. The molecule has 0 aromatic carbocycles. The molecular weight excluding hydrogens is 228 g/mol. The van der Waals surface area contributed by atoms with Gasteiger partial charge in [0.05, 0.1) is 12.1 Å². The smallest absolute Gasteiger partial charge is 0.315 e. The summed E-state index contributed by atoms with van der Waals surface area (Å²) in [5.74, 6) is 1.45. The van der Waals surface area contributed by atoms with Crippen molar-refractivity contribution in [3.63, 3.8) is 0 Å². The van der Waals surface area contributed by atoms with E-state index in [1.807, 2.05) is 18.7 Å². The lowest BCUT2D eigenvalue weighted by Crippen LogP contribution is -2.31. The topological polar surface area (TPSA) is 78.4 Å². The van der Waals surface area contributed by atoms with E-state index < -0.39 is 5.97 Å². The number of carboxylic acid groups (broad SMARTS) is 1. The van der Waals surface area contributed by atoms with E-state index in [0.29, 0.717) is 18.5 Å². The Kier molecular flexibility index (Phi) is 5.45. The molecule has 2 amide bonds. The molecule has 2 aliphatic heterocycles. The second kappa shape index (κ2) is 6.62. The minimum atomic E-state index is -0.693. The minimum absolute atomic E-state index is 0.00491. The standard InChI is InChI=1S/C5H8N2OS.C5H10O2/c8-5-6-3-1-9-2-4(3)7-5;1-2-3-4-5(6)7/h3-4H,1-2H2,(H2,6,7,8);2-4H2,1H3,(H,6,7). The number of hydrogen-bond donors (Lipinski definition) is 3. The highest BCUT2D eigenvalue weighted by atomic mass is 32.2. The third-order valence-electron chi connectivity index (χ3n) is 2.46. The van der Waals surface area contributed by atoms with Crippen LogP contribution in [-0.4, -0.2) is 40.7 Å². The summed E-state index contributed by atoms with van der Waals surface area (Å²) in [6, 6.07) is 0.815. The molecule has 0 spiro atoms. The summed E-state index contributed by atoms with van der Waals surface area (Å²) < 4.78 is 0. The summed E-state index contributed by atoms with van der Waals surface area (Å²) in [6.45, 7) is 1.98. The van der Waals surface area contributed by atoms with Gasteiger partial charge in [0.25, 0.3) is 0 Å². The summed E-state index contributed by atoms with van der Waals surface area (Å²) in [4.78, 5) is 20.4. The number of unbranched alkanes of at least 4 members (excludes halogenated alkanes) is 1.